The quantitative estimate of drug-likeness (QED) is 0.506. The molecule has 0 aromatic carbocycles. The van der Waals surface area contributed by atoms with E-state index in [1.807, 2.05) is 25.2 Å². The van der Waals surface area contributed by atoms with Gasteiger partial charge in [-0.15, -0.1) is 0 Å². The summed E-state index contributed by atoms with van der Waals surface area (Å²) >= 11 is 0. The molecule has 1 rings (SSSR count). The molecule has 0 saturated carbocycles. The van der Waals surface area contributed by atoms with Gasteiger partial charge in [-0.1, -0.05) is 37.3 Å². The van der Waals surface area contributed by atoms with Gasteiger partial charge in [-0.3, -0.25) is 0 Å². The van der Waals surface area contributed by atoms with Crippen molar-refractivity contribution in [2.45, 2.75) is 32.3 Å². The van der Waals surface area contributed by atoms with Crippen LogP contribution in [0.2, 0.25) is 0 Å². The van der Waals surface area contributed by atoms with E-state index in [0.717, 1.165) is 12.0 Å². The van der Waals surface area contributed by atoms with Gasteiger partial charge in [0.2, 0.25) is 0 Å². The topological polar surface area (TPSA) is 83.5 Å². The van der Waals surface area contributed by atoms with E-state index in [1.165, 1.54) is 0 Å². The van der Waals surface area contributed by atoms with Gasteiger partial charge in [-0.05, 0) is 25.3 Å². The fourth-order valence-corrected chi connectivity index (χ4v) is 2.08. The zero-order valence-corrected chi connectivity index (χ0v) is 11.2. The Labute approximate surface area is 113 Å². The summed E-state index contributed by atoms with van der Waals surface area (Å²) < 4.78 is 0. The molecule has 0 aliphatic heterocycles. The first-order valence-electron chi connectivity index (χ1n) is 6.39. The van der Waals surface area contributed by atoms with E-state index in [9.17, 15) is 9.90 Å². The number of hydrogen-bond donors (Lipinski definition) is 3. The van der Waals surface area contributed by atoms with E-state index in [1.54, 1.807) is 6.08 Å². The Morgan fingerprint density at radius 2 is 2.26 bits per heavy atom. The molecule has 0 bridgehead atoms. The highest BCUT2D eigenvalue weighted by atomic mass is 16.4. The molecule has 0 radical (unpaired) electrons. The van der Waals surface area contributed by atoms with Crippen LogP contribution >= 0.6 is 0 Å². The van der Waals surface area contributed by atoms with Crippen molar-refractivity contribution in [2.24, 2.45) is 11.7 Å². The molecule has 19 heavy (non-hydrogen) atoms. The Kier molecular flexibility index (Phi) is 5.57. The second kappa shape index (κ2) is 6.95. The van der Waals surface area contributed by atoms with Gasteiger partial charge in [0.05, 0.1) is 0 Å². The zero-order valence-electron chi connectivity index (χ0n) is 11.2. The smallest absolute Gasteiger partial charge is 0.330 e. The SMILES string of the molecule is C=C(CC/C=C(\CC)[C@@H]1C=CC=C(N)C1O)C(=O)O. The van der Waals surface area contributed by atoms with E-state index >= 15 is 0 Å². The van der Waals surface area contributed by atoms with Crippen LogP contribution in [0.3, 0.4) is 0 Å². The van der Waals surface area contributed by atoms with E-state index in [4.69, 9.17) is 10.8 Å². The van der Waals surface area contributed by atoms with Crippen LogP contribution in [0, 0.1) is 5.92 Å². The molecule has 1 unspecified atom stereocenters. The average Bonchev–Trinajstić information content (AvgIpc) is 2.38. The number of rotatable bonds is 6. The Balaban J connectivity index is 2.68. The number of aliphatic carboxylic acids is 1. The lowest BCUT2D eigenvalue weighted by atomic mass is 9.86. The Hall–Kier alpha value is -1.81. The van der Waals surface area contributed by atoms with Crippen molar-refractivity contribution in [3.8, 4) is 0 Å². The Bertz CT molecular complexity index is 446. The zero-order chi connectivity index (χ0) is 14.4. The highest BCUT2D eigenvalue weighted by Crippen LogP contribution is 2.26. The molecule has 0 aromatic rings. The number of aliphatic hydroxyl groups excluding tert-OH is 1. The molecule has 4 heteroatoms. The molecule has 1 aliphatic rings. The van der Waals surface area contributed by atoms with E-state index in [2.05, 4.69) is 6.58 Å². The predicted molar refractivity (Wildman–Crippen MR) is 75.3 cm³/mol. The lowest BCUT2D eigenvalue weighted by Gasteiger charge is -2.25. The molecule has 0 saturated heterocycles. The van der Waals surface area contributed by atoms with Gasteiger partial charge in [-0.25, -0.2) is 4.79 Å². The van der Waals surface area contributed by atoms with Gasteiger partial charge in [0.15, 0.2) is 0 Å². The molecule has 4 nitrogen and oxygen atoms in total. The lowest BCUT2D eigenvalue weighted by molar-refractivity contribution is -0.132. The summed E-state index contributed by atoms with van der Waals surface area (Å²) in [6.45, 7) is 5.50. The van der Waals surface area contributed by atoms with Crippen LogP contribution in [0.1, 0.15) is 26.2 Å². The maximum Gasteiger partial charge on any atom is 0.330 e. The van der Waals surface area contributed by atoms with Crippen LogP contribution in [0.25, 0.3) is 0 Å². The van der Waals surface area contributed by atoms with Crippen molar-refractivity contribution >= 4 is 5.97 Å². The number of carbonyl (C=O) groups is 1. The minimum Gasteiger partial charge on any atom is -0.478 e. The maximum atomic E-state index is 10.6. The molecular formula is C15H21NO3. The lowest BCUT2D eigenvalue weighted by Crippen LogP contribution is -2.28. The van der Waals surface area contributed by atoms with Crippen LogP contribution in [-0.2, 0) is 4.79 Å². The van der Waals surface area contributed by atoms with E-state index < -0.39 is 12.1 Å². The van der Waals surface area contributed by atoms with Gasteiger partial charge < -0.3 is 15.9 Å². The van der Waals surface area contributed by atoms with Crippen molar-refractivity contribution < 1.29 is 15.0 Å². The number of allylic oxidation sites excluding steroid dienone is 3. The van der Waals surface area contributed by atoms with Crippen LogP contribution in [0.15, 0.2) is 47.7 Å². The van der Waals surface area contributed by atoms with Crippen molar-refractivity contribution in [3.63, 3.8) is 0 Å². The van der Waals surface area contributed by atoms with Crippen LogP contribution in [0.4, 0.5) is 0 Å². The normalized spacial score (nSPS) is 23.1. The number of carboxylic acids is 1. The minimum absolute atomic E-state index is 0.118. The summed E-state index contributed by atoms with van der Waals surface area (Å²) in [6, 6.07) is 0. The summed E-state index contributed by atoms with van der Waals surface area (Å²) in [5.74, 6) is -1.08. The third-order valence-electron chi connectivity index (χ3n) is 3.28. The Morgan fingerprint density at radius 1 is 1.58 bits per heavy atom. The first kappa shape index (κ1) is 15.2. The van der Waals surface area contributed by atoms with Crippen LogP contribution in [-0.4, -0.2) is 22.3 Å². The number of aliphatic hydroxyl groups is 1. The molecule has 0 heterocycles. The molecule has 2 atom stereocenters. The largest absolute Gasteiger partial charge is 0.478 e. The summed E-state index contributed by atoms with van der Waals surface area (Å²) in [5.41, 5.74) is 7.45. The number of nitrogens with two attached hydrogens (primary N) is 1. The van der Waals surface area contributed by atoms with Crippen molar-refractivity contribution in [3.05, 3.63) is 47.7 Å². The van der Waals surface area contributed by atoms with Crippen LogP contribution < -0.4 is 5.73 Å². The highest BCUT2D eigenvalue weighted by Gasteiger charge is 2.23. The average molecular weight is 263 g/mol. The van der Waals surface area contributed by atoms with Crippen molar-refractivity contribution in [1.29, 1.82) is 0 Å². The summed E-state index contributed by atoms with van der Waals surface area (Å²) in [4.78, 5) is 10.6. The first-order chi connectivity index (χ1) is 8.97. The van der Waals surface area contributed by atoms with Crippen LogP contribution in [0.5, 0.6) is 0 Å². The standard InChI is InChI=1S/C15H21NO3/c1-3-11(7-4-6-10(2)15(18)19)12-8-5-9-13(16)14(12)17/h5,7-9,12,14,17H,2-4,6,16H2,1H3,(H,18,19)/b11-7+/t12-,14?/m0/s1. The summed E-state index contributed by atoms with van der Waals surface area (Å²) in [6.07, 6.45) is 8.55. The predicted octanol–water partition coefficient (Wildman–Crippen LogP) is 2.13. The second-order valence-corrected chi connectivity index (χ2v) is 4.60. The van der Waals surface area contributed by atoms with Gasteiger partial charge in [0.1, 0.15) is 6.10 Å². The molecule has 0 amide bonds. The van der Waals surface area contributed by atoms with Crippen molar-refractivity contribution in [2.75, 3.05) is 0 Å². The molecule has 0 fully saturated rings. The van der Waals surface area contributed by atoms with E-state index in [-0.39, 0.29) is 11.5 Å². The maximum absolute atomic E-state index is 10.6. The molecule has 1 aliphatic carbocycles. The molecular weight excluding hydrogens is 242 g/mol. The number of carboxylic acid groups (broad SMARTS) is 1. The van der Waals surface area contributed by atoms with Gasteiger partial charge >= 0.3 is 5.97 Å². The Morgan fingerprint density at radius 3 is 2.84 bits per heavy atom. The minimum atomic E-state index is -0.962. The second-order valence-electron chi connectivity index (χ2n) is 4.60. The summed E-state index contributed by atoms with van der Waals surface area (Å²) in [7, 11) is 0. The van der Waals surface area contributed by atoms with Gasteiger partial charge in [0, 0.05) is 17.2 Å². The van der Waals surface area contributed by atoms with E-state index in [0.29, 0.717) is 18.5 Å². The molecule has 0 spiro atoms. The first-order valence-corrected chi connectivity index (χ1v) is 6.39. The fraction of sp³-hybridized carbons (Fsp3) is 0.400. The molecule has 104 valence electrons. The van der Waals surface area contributed by atoms with Crippen molar-refractivity contribution in [1.82, 2.24) is 0 Å². The van der Waals surface area contributed by atoms with Gasteiger partial charge in [-0.2, -0.15) is 0 Å². The molecule has 0 aromatic heterocycles. The highest BCUT2D eigenvalue weighted by molar-refractivity contribution is 5.85. The fourth-order valence-electron chi connectivity index (χ4n) is 2.08. The molecule has 4 N–H and O–H groups in total. The number of hydrogen-bond acceptors (Lipinski definition) is 3. The monoisotopic (exact) mass is 263 g/mol. The third kappa shape index (κ3) is 4.10. The third-order valence-corrected chi connectivity index (χ3v) is 3.28. The van der Waals surface area contributed by atoms with Gasteiger partial charge in [0.25, 0.3) is 0 Å². The summed E-state index contributed by atoms with van der Waals surface area (Å²) in [5, 5.41) is 18.8.